The number of nitrogen functional groups attached to an aromatic ring is 2. The van der Waals surface area contributed by atoms with E-state index in [-0.39, 0.29) is 22.9 Å². The van der Waals surface area contributed by atoms with Crippen molar-refractivity contribution in [3.63, 3.8) is 0 Å². The highest BCUT2D eigenvalue weighted by Gasteiger charge is 2.45. The van der Waals surface area contributed by atoms with Gasteiger partial charge in [0, 0.05) is 6.42 Å². The van der Waals surface area contributed by atoms with Crippen molar-refractivity contribution in [2.24, 2.45) is 0 Å². The number of hydrogen-bond acceptors (Lipinski definition) is 8. The van der Waals surface area contributed by atoms with Crippen LogP contribution in [0.5, 0.6) is 0 Å². The standard InChI is InChI=1S/C16H26N6O3Si/c1-16(2,3)26(4,5)25-9-6-11(24-10(9)7-23)22-8-19-12-13(17)20-15(18)21-14(12)22/h7-11H,6H2,1-5H3,(H4,17,18,20,21)/t9-,10+,11+/m0/s1. The lowest BCUT2D eigenvalue weighted by atomic mass is 10.2. The number of aldehydes is 1. The third kappa shape index (κ3) is 3.19. The molecule has 0 bridgehead atoms. The van der Waals surface area contributed by atoms with E-state index in [0.717, 1.165) is 6.29 Å². The Bertz CT molecular complexity index is 831. The first kappa shape index (κ1) is 18.7. The van der Waals surface area contributed by atoms with Crippen LogP contribution in [0.1, 0.15) is 33.4 Å². The molecule has 10 heteroatoms. The number of carbonyl (C=O) groups excluding carboxylic acids is 1. The average molecular weight is 379 g/mol. The van der Waals surface area contributed by atoms with Crippen LogP contribution in [0, 0.1) is 0 Å². The Hall–Kier alpha value is -2.04. The molecule has 1 fully saturated rings. The van der Waals surface area contributed by atoms with Gasteiger partial charge < -0.3 is 25.4 Å². The molecule has 1 aliphatic heterocycles. The summed E-state index contributed by atoms with van der Waals surface area (Å²) in [5, 5.41) is 0.0380. The number of fused-ring (bicyclic) bond motifs is 1. The third-order valence-corrected chi connectivity index (χ3v) is 9.78. The van der Waals surface area contributed by atoms with E-state index < -0.39 is 20.6 Å². The predicted molar refractivity (Wildman–Crippen MR) is 101 cm³/mol. The highest BCUT2D eigenvalue weighted by atomic mass is 28.4. The van der Waals surface area contributed by atoms with Gasteiger partial charge in [-0.1, -0.05) is 20.8 Å². The van der Waals surface area contributed by atoms with E-state index in [2.05, 4.69) is 48.8 Å². The summed E-state index contributed by atoms with van der Waals surface area (Å²) in [4.78, 5) is 23.9. The van der Waals surface area contributed by atoms with Crippen LogP contribution in [0.4, 0.5) is 11.8 Å². The number of imidazole rings is 1. The molecule has 142 valence electrons. The second-order valence-corrected chi connectivity index (χ2v) is 12.9. The molecule has 0 spiro atoms. The fraction of sp³-hybridized carbons (Fsp3) is 0.625. The van der Waals surface area contributed by atoms with Crippen LogP contribution in [-0.2, 0) is 14.0 Å². The molecule has 0 aliphatic carbocycles. The molecule has 4 N–H and O–H groups in total. The quantitative estimate of drug-likeness (QED) is 0.609. The highest BCUT2D eigenvalue weighted by molar-refractivity contribution is 6.74. The summed E-state index contributed by atoms with van der Waals surface area (Å²) in [5.41, 5.74) is 12.5. The molecular formula is C16H26N6O3Si. The number of nitrogens with zero attached hydrogens (tertiary/aromatic N) is 4. The Morgan fingerprint density at radius 3 is 2.65 bits per heavy atom. The first-order valence-electron chi connectivity index (χ1n) is 8.57. The van der Waals surface area contributed by atoms with E-state index in [4.69, 9.17) is 20.6 Å². The Labute approximate surface area is 153 Å². The van der Waals surface area contributed by atoms with E-state index in [1.54, 1.807) is 10.9 Å². The van der Waals surface area contributed by atoms with Crippen molar-refractivity contribution in [2.75, 3.05) is 11.5 Å². The van der Waals surface area contributed by atoms with Crippen molar-refractivity contribution in [1.82, 2.24) is 19.5 Å². The van der Waals surface area contributed by atoms with Gasteiger partial charge in [-0.15, -0.1) is 0 Å². The van der Waals surface area contributed by atoms with Crippen LogP contribution < -0.4 is 11.5 Å². The van der Waals surface area contributed by atoms with Crippen LogP contribution in [-0.4, -0.2) is 46.3 Å². The SMILES string of the molecule is CC(C)(C)[Si](C)(C)O[C@H]1C[C@H](n2cnc3c(N)nc(N)nc32)O[C@@H]1C=O. The van der Waals surface area contributed by atoms with Crippen molar-refractivity contribution in [3.8, 4) is 0 Å². The zero-order valence-corrected chi connectivity index (χ0v) is 16.8. The molecule has 3 heterocycles. The number of ether oxygens (including phenoxy) is 1. The summed E-state index contributed by atoms with van der Waals surface area (Å²) in [5.74, 6) is 0.279. The molecule has 0 radical (unpaired) electrons. The van der Waals surface area contributed by atoms with Crippen molar-refractivity contribution in [3.05, 3.63) is 6.33 Å². The van der Waals surface area contributed by atoms with Crippen molar-refractivity contribution >= 4 is 37.5 Å². The van der Waals surface area contributed by atoms with Crippen LogP contribution in [0.15, 0.2) is 6.33 Å². The summed E-state index contributed by atoms with van der Waals surface area (Å²) in [6, 6.07) is 0. The number of aromatic nitrogens is 4. The van der Waals surface area contributed by atoms with Gasteiger partial charge in [0.05, 0.1) is 12.4 Å². The first-order chi connectivity index (χ1) is 12.0. The van der Waals surface area contributed by atoms with Gasteiger partial charge in [-0.3, -0.25) is 4.57 Å². The van der Waals surface area contributed by atoms with Crippen molar-refractivity contribution in [1.29, 1.82) is 0 Å². The van der Waals surface area contributed by atoms with Gasteiger partial charge in [0.1, 0.15) is 17.8 Å². The number of nitrogens with two attached hydrogens (primary N) is 2. The van der Waals surface area contributed by atoms with Crippen LogP contribution in [0.3, 0.4) is 0 Å². The van der Waals surface area contributed by atoms with Gasteiger partial charge in [0.25, 0.3) is 0 Å². The molecule has 3 rings (SSSR count). The second kappa shape index (κ2) is 6.29. The smallest absolute Gasteiger partial charge is 0.224 e. The fourth-order valence-electron chi connectivity index (χ4n) is 2.79. The first-order valence-corrected chi connectivity index (χ1v) is 11.5. The Morgan fingerprint density at radius 1 is 1.35 bits per heavy atom. The molecule has 0 amide bonds. The van der Waals surface area contributed by atoms with E-state index in [9.17, 15) is 4.79 Å². The minimum atomic E-state index is -2.04. The van der Waals surface area contributed by atoms with Gasteiger partial charge in [-0.2, -0.15) is 9.97 Å². The third-order valence-electron chi connectivity index (χ3n) is 5.28. The monoisotopic (exact) mass is 378 g/mol. The number of hydrogen-bond donors (Lipinski definition) is 2. The molecule has 3 atom stereocenters. The summed E-state index contributed by atoms with van der Waals surface area (Å²) >= 11 is 0. The zero-order valence-electron chi connectivity index (χ0n) is 15.8. The maximum absolute atomic E-state index is 11.6. The Balaban J connectivity index is 1.89. The predicted octanol–water partition coefficient (Wildman–Crippen LogP) is 1.87. The minimum absolute atomic E-state index is 0.0380. The average Bonchev–Trinajstić information content (AvgIpc) is 3.09. The second-order valence-electron chi connectivity index (χ2n) is 8.13. The molecule has 1 saturated heterocycles. The van der Waals surface area contributed by atoms with E-state index in [0.29, 0.717) is 17.6 Å². The maximum atomic E-state index is 11.6. The molecule has 26 heavy (non-hydrogen) atoms. The molecule has 0 saturated carbocycles. The van der Waals surface area contributed by atoms with Gasteiger partial charge in [-0.05, 0) is 18.1 Å². The lowest BCUT2D eigenvalue weighted by Gasteiger charge is -2.38. The zero-order chi connectivity index (χ0) is 19.3. The molecular weight excluding hydrogens is 352 g/mol. The molecule has 2 aromatic rings. The summed E-state index contributed by atoms with van der Waals surface area (Å²) in [7, 11) is -2.04. The largest absolute Gasteiger partial charge is 0.411 e. The van der Waals surface area contributed by atoms with Gasteiger partial charge in [0.2, 0.25) is 5.95 Å². The number of carbonyl (C=O) groups is 1. The van der Waals surface area contributed by atoms with Gasteiger partial charge in [0.15, 0.2) is 26.1 Å². The normalized spacial score (nSPS) is 24.3. The van der Waals surface area contributed by atoms with E-state index >= 15 is 0 Å². The molecule has 1 aliphatic rings. The fourth-order valence-corrected chi connectivity index (χ4v) is 4.13. The summed E-state index contributed by atoms with van der Waals surface area (Å²) in [6.45, 7) is 10.8. The van der Waals surface area contributed by atoms with Gasteiger partial charge >= 0.3 is 0 Å². The van der Waals surface area contributed by atoms with Crippen LogP contribution >= 0.6 is 0 Å². The number of anilines is 2. The van der Waals surface area contributed by atoms with E-state index in [1.165, 1.54) is 0 Å². The Kier molecular flexibility index (Phi) is 4.53. The minimum Gasteiger partial charge on any atom is -0.411 e. The Morgan fingerprint density at radius 2 is 2.04 bits per heavy atom. The highest BCUT2D eigenvalue weighted by Crippen LogP contribution is 2.41. The molecule has 0 unspecified atom stereocenters. The number of rotatable bonds is 4. The van der Waals surface area contributed by atoms with Gasteiger partial charge in [-0.25, -0.2) is 4.98 Å². The summed E-state index contributed by atoms with van der Waals surface area (Å²) < 4.78 is 14.1. The molecule has 2 aromatic heterocycles. The van der Waals surface area contributed by atoms with Crippen LogP contribution in [0.25, 0.3) is 11.2 Å². The van der Waals surface area contributed by atoms with Crippen molar-refractivity contribution in [2.45, 2.75) is 63.8 Å². The molecule has 0 aromatic carbocycles. The lowest BCUT2D eigenvalue weighted by molar-refractivity contribution is -0.122. The van der Waals surface area contributed by atoms with E-state index in [1.807, 2.05) is 0 Å². The van der Waals surface area contributed by atoms with Crippen molar-refractivity contribution < 1.29 is 14.0 Å². The molecule has 9 nitrogen and oxygen atoms in total. The van der Waals surface area contributed by atoms with Crippen LogP contribution in [0.2, 0.25) is 18.1 Å². The summed E-state index contributed by atoms with van der Waals surface area (Å²) in [6.07, 6.45) is 1.52. The topological polar surface area (TPSA) is 131 Å². The maximum Gasteiger partial charge on any atom is 0.224 e. The lowest BCUT2D eigenvalue weighted by Crippen LogP contribution is -2.46.